The zero-order valence-electron chi connectivity index (χ0n) is 12.0. The Balaban J connectivity index is 2.06. The number of halogens is 1. The number of ether oxygens (including phenoxy) is 1. The van der Waals surface area contributed by atoms with Crippen LogP contribution in [-0.4, -0.2) is 24.2 Å². The van der Waals surface area contributed by atoms with Crippen molar-refractivity contribution in [3.63, 3.8) is 0 Å². The third kappa shape index (κ3) is 3.90. The molecule has 3 nitrogen and oxygen atoms in total. The van der Waals surface area contributed by atoms with Crippen LogP contribution in [0.4, 0.5) is 0 Å². The molecule has 0 amide bonds. The number of hydrogen-bond acceptors (Lipinski definition) is 2. The first kappa shape index (κ1) is 14.7. The van der Waals surface area contributed by atoms with Crippen molar-refractivity contribution in [2.75, 3.05) is 6.61 Å². The summed E-state index contributed by atoms with van der Waals surface area (Å²) in [4.78, 5) is 4.56. The Morgan fingerprint density at radius 3 is 2.74 bits per heavy atom. The van der Waals surface area contributed by atoms with E-state index in [9.17, 15) is 0 Å². The standard InChI is InChI=1S/C14H21BrN2OSi/c1-11-16-13-9-12(15)5-6-14(13)17(11)10-18-7-8-19(2,3)4/h5-6,9H,7-8,10H2,1-4H3. The predicted molar refractivity (Wildman–Crippen MR) is 86.3 cm³/mol. The molecule has 0 unspecified atom stereocenters. The smallest absolute Gasteiger partial charge is 0.124 e. The van der Waals surface area contributed by atoms with Gasteiger partial charge in [0.2, 0.25) is 0 Å². The molecule has 0 fully saturated rings. The zero-order chi connectivity index (χ0) is 14.0. The molecule has 2 rings (SSSR count). The largest absolute Gasteiger partial charge is 0.361 e. The van der Waals surface area contributed by atoms with Gasteiger partial charge in [0.05, 0.1) is 11.0 Å². The molecule has 1 aromatic heterocycles. The van der Waals surface area contributed by atoms with E-state index in [1.54, 1.807) is 0 Å². The Morgan fingerprint density at radius 2 is 2.05 bits per heavy atom. The SMILES string of the molecule is Cc1nc2cc(Br)ccc2n1COCC[Si](C)(C)C. The van der Waals surface area contributed by atoms with E-state index < -0.39 is 8.07 Å². The minimum Gasteiger partial charge on any atom is -0.361 e. The van der Waals surface area contributed by atoms with Crippen molar-refractivity contribution in [1.29, 1.82) is 0 Å². The number of nitrogens with zero attached hydrogens (tertiary/aromatic N) is 2. The van der Waals surface area contributed by atoms with E-state index in [1.807, 2.05) is 19.1 Å². The van der Waals surface area contributed by atoms with Gasteiger partial charge in [-0.1, -0.05) is 35.6 Å². The van der Waals surface area contributed by atoms with Gasteiger partial charge >= 0.3 is 0 Å². The Kier molecular flexibility index (Phi) is 4.48. The number of aromatic nitrogens is 2. The molecule has 2 aromatic rings. The molecule has 5 heteroatoms. The molecular formula is C14H21BrN2OSi. The molecule has 0 atom stereocenters. The van der Waals surface area contributed by atoms with E-state index in [4.69, 9.17) is 4.74 Å². The van der Waals surface area contributed by atoms with Gasteiger partial charge in [0.15, 0.2) is 0 Å². The molecule has 19 heavy (non-hydrogen) atoms. The topological polar surface area (TPSA) is 27.1 Å². The van der Waals surface area contributed by atoms with E-state index in [0.717, 1.165) is 27.9 Å². The van der Waals surface area contributed by atoms with Crippen molar-refractivity contribution >= 4 is 35.0 Å². The lowest BCUT2D eigenvalue weighted by Gasteiger charge is -2.16. The van der Waals surface area contributed by atoms with Crippen molar-refractivity contribution in [3.8, 4) is 0 Å². The van der Waals surface area contributed by atoms with E-state index in [-0.39, 0.29) is 0 Å². The van der Waals surface area contributed by atoms with Crippen LogP contribution in [0.3, 0.4) is 0 Å². The summed E-state index contributed by atoms with van der Waals surface area (Å²) in [6.07, 6.45) is 0. The Labute approximate surface area is 124 Å². The minimum absolute atomic E-state index is 0.592. The second-order valence-corrected chi connectivity index (χ2v) is 12.6. The van der Waals surface area contributed by atoms with Crippen LogP contribution in [0.15, 0.2) is 22.7 Å². The summed E-state index contributed by atoms with van der Waals surface area (Å²) < 4.78 is 9.01. The highest BCUT2D eigenvalue weighted by Crippen LogP contribution is 2.20. The number of benzene rings is 1. The van der Waals surface area contributed by atoms with Gasteiger partial charge in [-0.2, -0.15) is 0 Å². The summed E-state index contributed by atoms with van der Waals surface area (Å²) in [7, 11) is -1.01. The maximum atomic E-state index is 5.82. The fourth-order valence-corrected chi connectivity index (χ4v) is 3.03. The molecule has 0 bridgehead atoms. The molecular weight excluding hydrogens is 320 g/mol. The number of rotatable bonds is 5. The summed E-state index contributed by atoms with van der Waals surface area (Å²) in [5.74, 6) is 1.00. The van der Waals surface area contributed by atoms with Crippen molar-refractivity contribution in [2.45, 2.75) is 39.3 Å². The van der Waals surface area contributed by atoms with Crippen LogP contribution in [0.5, 0.6) is 0 Å². The van der Waals surface area contributed by atoms with Crippen molar-refractivity contribution in [3.05, 3.63) is 28.5 Å². The van der Waals surface area contributed by atoms with E-state index in [0.29, 0.717) is 6.73 Å². The Morgan fingerprint density at radius 1 is 1.32 bits per heavy atom. The second kappa shape index (κ2) is 5.77. The number of hydrogen-bond donors (Lipinski definition) is 0. The monoisotopic (exact) mass is 340 g/mol. The van der Waals surface area contributed by atoms with Gasteiger partial charge in [0.1, 0.15) is 12.6 Å². The van der Waals surface area contributed by atoms with Gasteiger partial charge in [0.25, 0.3) is 0 Å². The lowest BCUT2D eigenvalue weighted by Crippen LogP contribution is -2.22. The van der Waals surface area contributed by atoms with Crippen LogP contribution in [0.25, 0.3) is 11.0 Å². The van der Waals surface area contributed by atoms with Gasteiger partial charge in [-0.05, 0) is 31.2 Å². The molecule has 0 radical (unpaired) electrons. The molecule has 0 saturated heterocycles. The highest BCUT2D eigenvalue weighted by atomic mass is 79.9. The molecule has 0 aliphatic rings. The highest BCUT2D eigenvalue weighted by molar-refractivity contribution is 9.10. The molecule has 104 valence electrons. The van der Waals surface area contributed by atoms with Crippen LogP contribution in [0, 0.1) is 6.92 Å². The molecule has 0 aliphatic carbocycles. The van der Waals surface area contributed by atoms with Crippen molar-refractivity contribution in [1.82, 2.24) is 9.55 Å². The Hall–Kier alpha value is -0.653. The van der Waals surface area contributed by atoms with Crippen molar-refractivity contribution < 1.29 is 4.74 Å². The van der Waals surface area contributed by atoms with Crippen LogP contribution in [-0.2, 0) is 11.5 Å². The van der Waals surface area contributed by atoms with Gasteiger partial charge in [-0.3, -0.25) is 0 Å². The lowest BCUT2D eigenvalue weighted by molar-refractivity contribution is 0.0885. The fraction of sp³-hybridized carbons (Fsp3) is 0.500. The normalized spacial score (nSPS) is 12.3. The average molecular weight is 341 g/mol. The van der Waals surface area contributed by atoms with Gasteiger partial charge in [-0.25, -0.2) is 4.98 Å². The second-order valence-electron chi connectivity index (χ2n) is 6.07. The molecule has 1 aromatic carbocycles. The van der Waals surface area contributed by atoms with E-state index in [1.165, 1.54) is 6.04 Å². The maximum Gasteiger partial charge on any atom is 0.124 e. The lowest BCUT2D eigenvalue weighted by atomic mass is 10.3. The number of aryl methyl sites for hydroxylation is 1. The molecule has 1 heterocycles. The van der Waals surface area contributed by atoms with E-state index >= 15 is 0 Å². The summed E-state index contributed by atoms with van der Waals surface area (Å²) in [6, 6.07) is 7.37. The fourth-order valence-electron chi connectivity index (χ4n) is 1.92. The molecule has 0 aliphatic heterocycles. The Bertz CT molecular complexity index is 575. The first-order chi connectivity index (χ1) is 8.87. The summed E-state index contributed by atoms with van der Waals surface area (Å²) >= 11 is 3.48. The quantitative estimate of drug-likeness (QED) is 0.595. The van der Waals surface area contributed by atoms with Crippen LogP contribution >= 0.6 is 15.9 Å². The molecule has 0 N–H and O–H groups in total. The predicted octanol–water partition coefficient (Wildman–Crippen LogP) is 4.42. The van der Waals surface area contributed by atoms with Gasteiger partial charge in [0, 0.05) is 19.2 Å². The van der Waals surface area contributed by atoms with E-state index in [2.05, 4.69) is 51.2 Å². The third-order valence-electron chi connectivity index (χ3n) is 3.12. The first-order valence-corrected chi connectivity index (χ1v) is 11.1. The van der Waals surface area contributed by atoms with Crippen LogP contribution in [0.1, 0.15) is 5.82 Å². The number of fused-ring (bicyclic) bond motifs is 1. The summed E-state index contributed by atoms with van der Waals surface area (Å²) in [5, 5.41) is 0. The molecule has 0 saturated carbocycles. The van der Waals surface area contributed by atoms with Crippen molar-refractivity contribution in [2.24, 2.45) is 0 Å². The van der Waals surface area contributed by atoms with Gasteiger partial charge in [-0.15, -0.1) is 0 Å². The number of imidazole rings is 1. The highest BCUT2D eigenvalue weighted by Gasteiger charge is 2.13. The third-order valence-corrected chi connectivity index (χ3v) is 5.32. The molecule has 0 spiro atoms. The van der Waals surface area contributed by atoms with Gasteiger partial charge < -0.3 is 9.30 Å². The maximum absolute atomic E-state index is 5.82. The average Bonchev–Trinajstić information content (AvgIpc) is 2.58. The van der Waals surface area contributed by atoms with Crippen LogP contribution < -0.4 is 0 Å². The van der Waals surface area contributed by atoms with Crippen LogP contribution in [0.2, 0.25) is 25.7 Å². The zero-order valence-corrected chi connectivity index (χ0v) is 14.6. The first-order valence-electron chi connectivity index (χ1n) is 6.57. The summed E-state index contributed by atoms with van der Waals surface area (Å²) in [5.41, 5.74) is 2.15. The minimum atomic E-state index is -1.01. The summed E-state index contributed by atoms with van der Waals surface area (Å²) in [6.45, 7) is 10.6.